The molecular formula is C15H22FNO. The third-order valence-electron chi connectivity index (χ3n) is 3.01. The van der Waals surface area contributed by atoms with Crippen molar-refractivity contribution in [3.63, 3.8) is 0 Å². The fourth-order valence-corrected chi connectivity index (χ4v) is 2.01. The summed E-state index contributed by atoms with van der Waals surface area (Å²) >= 11 is 0. The summed E-state index contributed by atoms with van der Waals surface area (Å²) < 4.78 is 12.9. The first-order chi connectivity index (χ1) is 8.56. The highest BCUT2D eigenvalue weighted by molar-refractivity contribution is 5.83. The van der Waals surface area contributed by atoms with Crippen molar-refractivity contribution in [2.45, 2.75) is 39.5 Å². The molecule has 0 radical (unpaired) electrons. The molecule has 0 bridgehead atoms. The number of amides is 1. The molecule has 1 atom stereocenters. The summed E-state index contributed by atoms with van der Waals surface area (Å²) in [6, 6.07) is 6.20. The lowest BCUT2D eigenvalue weighted by Crippen LogP contribution is -2.32. The third kappa shape index (κ3) is 4.13. The van der Waals surface area contributed by atoms with Gasteiger partial charge in [-0.05, 0) is 30.0 Å². The minimum atomic E-state index is -0.271. The van der Waals surface area contributed by atoms with E-state index in [4.69, 9.17) is 0 Å². The van der Waals surface area contributed by atoms with Gasteiger partial charge in [0.1, 0.15) is 5.82 Å². The summed E-state index contributed by atoms with van der Waals surface area (Å²) in [5.74, 6) is -0.253. The van der Waals surface area contributed by atoms with Gasteiger partial charge in [-0.15, -0.1) is 0 Å². The molecule has 100 valence electrons. The van der Waals surface area contributed by atoms with Gasteiger partial charge < -0.3 is 5.32 Å². The quantitative estimate of drug-likeness (QED) is 0.770. The van der Waals surface area contributed by atoms with Gasteiger partial charge in [0.15, 0.2) is 0 Å². The Bertz CT molecular complexity index is 373. The zero-order valence-corrected chi connectivity index (χ0v) is 11.4. The van der Waals surface area contributed by atoms with Crippen LogP contribution >= 0.6 is 0 Å². The minimum Gasteiger partial charge on any atom is -0.356 e. The summed E-state index contributed by atoms with van der Waals surface area (Å²) in [7, 11) is 0. The maximum atomic E-state index is 12.9. The van der Waals surface area contributed by atoms with Crippen molar-refractivity contribution in [2.75, 3.05) is 6.54 Å². The predicted molar refractivity (Wildman–Crippen MR) is 71.9 cm³/mol. The van der Waals surface area contributed by atoms with E-state index in [-0.39, 0.29) is 23.6 Å². The summed E-state index contributed by atoms with van der Waals surface area (Å²) in [6.45, 7) is 6.81. The molecule has 0 aromatic heterocycles. The number of hydrogen-bond acceptors (Lipinski definition) is 1. The Balaban J connectivity index is 2.76. The molecule has 0 saturated heterocycles. The standard InChI is InChI=1S/C15H22FNO/c1-4-5-10-17-15(18)14(11(2)3)12-6-8-13(16)9-7-12/h6-9,11,14H,4-5,10H2,1-3H3,(H,17,18). The highest BCUT2D eigenvalue weighted by Crippen LogP contribution is 2.24. The van der Waals surface area contributed by atoms with Crippen molar-refractivity contribution in [1.82, 2.24) is 5.32 Å². The molecule has 0 aliphatic carbocycles. The second-order valence-electron chi connectivity index (χ2n) is 4.92. The minimum absolute atomic E-state index is 0.0325. The summed E-state index contributed by atoms with van der Waals surface area (Å²) in [5, 5.41) is 2.95. The molecule has 0 fully saturated rings. The molecule has 1 N–H and O–H groups in total. The van der Waals surface area contributed by atoms with Crippen LogP contribution in [0.15, 0.2) is 24.3 Å². The Morgan fingerprint density at radius 1 is 1.28 bits per heavy atom. The molecule has 2 nitrogen and oxygen atoms in total. The summed E-state index contributed by atoms with van der Waals surface area (Å²) in [6.07, 6.45) is 2.04. The Labute approximate surface area is 109 Å². The van der Waals surface area contributed by atoms with E-state index in [1.54, 1.807) is 12.1 Å². The van der Waals surface area contributed by atoms with Gasteiger partial charge in [0, 0.05) is 6.54 Å². The van der Waals surface area contributed by atoms with Gasteiger partial charge in [-0.1, -0.05) is 39.3 Å². The molecule has 1 aromatic carbocycles. The average molecular weight is 251 g/mol. The van der Waals surface area contributed by atoms with Gasteiger partial charge in [0.25, 0.3) is 0 Å². The smallest absolute Gasteiger partial charge is 0.227 e. The molecule has 18 heavy (non-hydrogen) atoms. The lowest BCUT2D eigenvalue weighted by molar-refractivity contribution is -0.123. The first-order valence-corrected chi connectivity index (χ1v) is 6.59. The van der Waals surface area contributed by atoms with Crippen molar-refractivity contribution in [2.24, 2.45) is 5.92 Å². The van der Waals surface area contributed by atoms with Gasteiger partial charge in [0.2, 0.25) is 5.91 Å². The van der Waals surface area contributed by atoms with E-state index in [2.05, 4.69) is 12.2 Å². The van der Waals surface area contributed by atoms with Crippen molar-refractivity contribution < 1.29 is 9.18 Å². The largest absolute Gasteiger partial charge is 0.356 e. The van der Waals surface area contributed by atoms with Crippen LogP contribution in [0.3, 0.4) is 0 Å². The van der Waals surface area contributed by atoms with Gasteiger partial charge >= 0.3 is 0 Å². The molecule has 0 saturated carbocycles. The third-order valence-corrected chi connectivity index (χ3v) is 3.01. The van der Waals surface area contributed by atoms with Gasteiger partial charge in [0.05, 0.1) is 5.92 Å². The van der Waals surface area contributed by atoms with E-state index in [0.29, 0.717) is 6.54 Å². The Morgan fingerprint density at radius 2 is 1.89 bits per heavy atom. The van der Waals surface area contributed by atoms with E-state index >= 15 is 0 Å². The van der Waals surface area contributed by atoms with E-state index in [0.717, 1.165) is 18.4 Å². The van der Waals surface area contributed by atoms with E-state index < -0.39 is 0 Å². The van der Waals surface area contributed by atoms with Crippen LogP contribution in [0, 0.1) is 11.7 Å². The van der Waals surface area contributed by atoms with Crippen LogP contribution in [-0.4, -0.2) is 12.5 Å². The normalized spacial score (nSPS) is 12.5. The molecule has 0 spiro atoms. The van der Waals surface area contributed by atoms with Crippen LogP contribution in [0.2, 0.25) is 0 Å². The Hall–Kier alpha value is -1.38. The van der Waals surface area contributed by atoms with Crippen LogP contribution in [0.4, 0.5) is 4.39 Å². The van der Waals surface area contributed by atoms with E-state index in [1.807, 2.05) is 13.8 Å². The maximum Gasteiger partial charge on any atom is 0.227 e. The number of halogens is 1. The molecule has 1 rings (SSSR count). The summed E-state index contributed by atoms with van der Waals surface area (Å²) in [5.41, 5.74) is 0.875. The van der Waals surface area contributed by atoms with Gasteiger partial charge in [-0.2, -0.15) is 0 Å². The molecule has 0 aliphatic rings. The molecule has 1 unspecified atom stereocenters. The fraction of sp³-hybridized carbons (Fsp3) is 0.533. The highest BCUT2D eigenvalue weighted by Gasteiger charge is 2.23. The van der Waals surface area contributed by atoms with Crippen molar-refractivity contribution in [1.29, 1.82) is 0 Å². The van der Waals surface area contributed by atoms with Gasteiger partial charge in [-0.3, -0.25) is 4.79 Å². The zero-order valence-electron chi connectivity index (χ0n) is 11.4. The first-order valence-electron chi connectivity index (χ1n) is 6.59. The molecule has 0 heterocycles. The van der Waals surface area contributed by atoms with Crippen molar-refractivity contribution in [3.8, 4) is 0 Å². The second-order valence-corrected chi connectivity index (χ2v) is 4.92. The van der Waals surface area contributed by atoms with Crippen molar-refractivity contribution >= 4 is 5.91 Å². The maximum absolute atomic E-state index is 12.9. The molecular weight excluding hydrogens is 229 g/mol. The number of unbranched alkanes of at least 4 members (excludes halogenated alkanes) is 1. The number of carbonyl (C=O) groups is 1. The Morgan fingerprint density at radius 3 is 2.39 bits per heavy atom. The monoisotopic (exact) mass is 251 g/mol. The number of nitrogens with one attached hydrogen (secondary N) is 1. The zero-order chi connectivity index (χ0) is 13.5. The second kappa shape index (κ2) is 7.14. The van der Waals surface area contributed by atoms with Crippen LogP contribution in [0.5, 0.6) is 0 Å². The topological polar surface area (TPSA) is 29.1 Å². The number of benzene rings is 1. The molecule has 1 amide bonds. The first kappa shape index (κ1) is 14.7. The molecule has 1 aromatic rings. The fourth-order valence-electron chi connectivity index (χ4n) is 2.01. The number of rotatable bonds is 6. The van der Waals surface area contributed by atoms with E-state index in [9.17, 15) is 9.18 Å². The van der Waals surface area contributed by atoms with Crippen LogP contribution in [-0.2, 0) is 4.79 Å². The van der Waals surface area contributed by atoms with Crippen LogP contribution in [0.1, 0.15) is 45.1 Å². The molecule has 0 aliphatic heterocycles. The van der Waals surface area contributed by atoms with Gasteiger partial charge in [-0.25, -0.2) is 4.39 Å². The number of carbonyl (C=O) groups excluding carboxylic acids is 1. The highest BCUT2D eigenvalue weighted by atomic mass is 19.1. The average Bonchev–Trinajstić information content (AvgIpc) is 2.32. The summed E-state index contributed by atoms with van der Waals surface area (Å²) in [4.78, 5) is 12.1. The van der Waals surface area contributed by atoms with E-state index in [1.165, 1.54) is 12.1 Å². The number of hydrogen-bond donors (Lipinski definition) is 1. The predicted octanol–water partition coefficient (Wildman–Crippen LogP) is 3.48. The SMILES string of the molecule is CCCCNC(=O)C(c1ccc(F)cc1)C(C)C. The van der Waals surface area contributed by atoms with Crippen LogP contribution < -0.4 is 5.32 Å². The Kier molecular flexibility index (Phi) is 5.83. The van der Waals surface area contributed by atoms with Crippen LogP contribution in [0.25, 0.3) is 0 Å². The lowest BCUT2D eigenvalue weighted by atomic mass is 9.87. The van der Waals surface area contributed by atoms with Crippen molar-refractivity contribution in [3.05, 3.63) is 35.6 Å². The molecule has 3 heteroatoms. The lowest BCUT2D eigenvalue weighted by Gasteiger charge is -2.20.